The molecule has 4 rings (SSSR count). The van der Waals surface area contributed by atoms with Crippen molar-refractivity contribution in [2.45, 2.75) is 6.54 Å². The van der Waals surface area contributed by atoms with Crippen molar-refractivity contribution in [2.75, 3.05) is 26.2 Å². The first-order valence-corrected chi connectivity index (χ1v) is 9.13. The molecule has 1 aliphatic heterocycles. The Hall–Kier alpha value is -2.51. The normalized spacial score (nSPS) is 15.4. The molecule has 1 aliphatic rings. The van der Waals surface area contributed by atoms with E-state index in [2.05, 4.69) is 31.9 Å². The summed E-state index contributed by atoms with van der Waals surface area (Å²) in [4.78, 5) is 17.0. The second kappa shape index (κ2) is 7.16. The molecule has 1 fully saturated rings. The van der Waals surface area contributed by atoms with Crippen LogP contribution in [0.2, 0.25) is 0 Å². The Morgan fingerprint density at radius 1 is 1.12 bits per heavy atom. The quantitative estimate of drug-likeness (QED) is 0.721. The van der Waals surface area contributed by atoms with Crippen molar-refractivity contribution in [3.05, 3.63) is 58.6 Å². The SMILES string of the molecule is O=C(c1ccc(-c2nnco2)cc1)N1CCN(Cc2ccsc2)CC1. The van der Waals surface area contributed by atoms with Crippen LogP contribution in [0.25, 0.3) is 11.5 Å². The van der Waals surface area contributed by atoms with Gasteiger partial charge in [0.25, 0.3) is 5.91 Å². The maximum Gasteiger partial charge on any atom is 0.253 e. The molecule has 25 heavy (non-hydrogen) atoms. The Labute approximate surface area is 149 Å². The van der Waals surface area contributed by atoms with Gasteiger partial charge in [-0.05, 0) is 46.7 Å². The first kappa shape index (κ1) is 16.0. The molecule has 1 saturated heterocycles. The van der Waals surface area contributed by atoms with E-state index >= 15 is 0 Å². The molecule has 0 unspecified atom stereocenters. The van der Waals surface area contributed by atoms with E-state index in [4.69, 9.17) is 4.42 Å². The molecule has 1 amide bonds. The van der Waals surface area contributed by atoms with Crippen LogP contribution in [-0.4, -0.2) is 52.1 Å². The topological polar surface area (TPSA) is 62.5 Å². The van der Waals surface area contributed by atoms with Gasteiger partial charge in [-0.2, -0.15) is 11.3 Å². The third-order valence-corrected chi connectivity index (χ3v) is 5.12. The highest BCUT2D eigenvalue weighted by molar-refractivity contribution is 7.07. The number of carbonyl (C=O) groups is 1. The first-order valence-electron chi connectivity index (χ1n) is 8.19. The van der Waals surface area contributed by atoms with Crippen LogP contribution in [0.5, 0.6) is 0 Å². The van der Waals surface area contributed by atoms with Gasteiger partial charge in [0, 0.05) is 43.9 Å². The molecule has 2 aromatic heterocycles. The highest BCUT2D eigenvalue weighted by Crippen LogP contribution is 2.18. The lowest BCUT2D eigenvalue weighted by atomic mass is 10.1. The summed E-state index contributed by atoms with van der Waals surface area (Å²) >= 11 is 1.72. The Balaban J connectivity index is 1.35. The minimum atomic E-state index is 0.0762. The summed E-state index contributed by atoms with van der Waals surface area (Å²) < 4.78 is 5.17. The number of carbonyl (C=O) groups excluding carboxylic acids is 1. The van der Waals surface area contributed by atoms with Crippen LogP contribution in [0.15, 0.2) is 51.9 Å². The summed E-state index contributed by atoms with van der Waals surface area (Å²) in [6.45, 7) is 4.29. The number of benzene rings is 1. The van der Waals surface area contributed by atoms with E-state index < -0.39 is 0 Å². The van der Waals surface area contributed by atoms with E-state index in [-0.39, 0.29) is 5.91 Å². The van der Waals surface area contributed by atoms with Crippen molar-refractivity contribution >= 4 is 17.2 Å². The Kier molecular flexibility index (Phi) is 4.58. The van der Waals surface area contributed by atoms with Gasteiger partial charge in [-0.3, -0.25) is 9.69 Å². The molecule has 128 valence electrons. The smallest absolute Gasteiger partial charge is 0.253 e. The third kappa shape index (κ3) is 3.62. The molecule has 3 heterocycles. The average Bonchev–Trinajstić information content (AvgIpc) is 3.36. The van der Waals surface area contributed by atoms with E-state index in [0.717, 1.165) is 38.3 Å². The highest BCUT2D eigenvalue weighted by Gasteiger charge is 2.22. The zero-order chi connectivity index (χ0) is 17.1. The number of piperazine rings is 1. The highest BCUT2D eigenvalue weighted by atomic mass is 32.1. The standard InChI is InChI=1S/C18H18N4O2S/c23-18(16-3-1-15(2-4-16)17-20-19-13-24-17)22-8-6-21(7-9-22)11-14-5-10-25-12-14/h1-5,10,12-13H,6-9,11H2. The minimum absolute atomic E-state index is 0.0762. The summed E-state index contributed by atoms with van der Waals surface area (Å²) in [5, 5.41) is 11.8. The summed E-state index contributed by atoms with van der Waals surface area (Å²) in [7, 11) is 0. The Morgan fingerprint density at radius 2 is 1.92 bits per heavy atom. The molecule has 0 atom stereocenters. The summed E-state index contributed by atoms with van der Waals surface area (Å²) in [6.07, 6.45) is 1.30. The fourth-order valence-corrected chi connectivity index (χ4v) is 3.65. The van der Waals surface area contributed by atoms with Crippen molar-refractivity contribution in [1.29, 1.82) is 0 Å². The van der Waals surface area contributed by atoms with Crippen molar-refractivity contribution in [3.8, 4) is 11.5 Å². The molecule has 0 aliphatic carbocycles. The van der Waals surface area contributed by atoms with Gasteiger partial charge in [-0.1, -0.05) is 0 Å². The zero-order valence-corrected chi connectivity index (χ0v) is 14.5. The number of amides is 1. The Bertz CT molecular complexity index is 807. The maximum absolute atomic E-state index is 12.7. The molecule has 0 spiro atoms. The van der Waals surface area contributed by atoms with Gasteiger partial charge in [0.2, 0.25) is 12.3 Å². The number of hydrogen-bond acceptors (Lipinski definition) is 6. The number of hydrogen-bond donors (Lipinski definition) is 0. The molecule has 1 aromatic carbocycles. The van der Waals surface area contributed by atoms with Gasteiger partial charge in [0.05, 0.1) is 0 Å². The van der Waals surface area contributed by atoms with E-state index in [0.29, 0.717) is 11.5 Å². The van der Waals surface area contributed by atoms with Gasteiger partial charge in [0.15, 0.2) is 0 Å². The molecular formula is C18H18N4O2S. The van der Waals surface area contributed by atoms with Crippen molar-refractivity contribution in [1.82, 2.24) is 20.0 Å². The monoisotopic (exact) mass is 354 g/mol. The van der Waals surface area contributed by atoms with Crippen LogP contribution in [0.3, 0.4) is 0 Å². The number of thiophene rings is 1. The van der Waals surface area contributed by atoms with Gasteiger partial charge < -0.3 is 9.32 Å². The van der Waals surface area contributed by atoms with Gasteiger partial charge in [-0.25, -0.2) is 0 Å². The molecule has 0 N–H and O–H groups in total. The molecule has 0 bridgehead atoms. The minimum Gasteiger partial charge on any atom is -0.423 e. The van der Waals surface area contributed by atoms with Crippen LogP contribution in [-0.2, 0) is 6.54 Å². The molecule has 3 aromatic rings. The second-order valence-electron chi connectivity index (χ2n) is 6.02. The fourth-order valence-electron chi connectivity index (χ4n) is 2.99. The van der Waals surface area contributed by atoms with E-state index in [1.54, 1.807) is 11.3 Å². The second-order valence-corrected chi connectivity index (χ2v) is 6.80. The predicted octanol–water partition coefficient (Wildman–Crippen LogP) is 2.76. The lowest BCUT2D eigenvalue weighted by Crippen LogP contribution is -2.48. The summed E-state index contributed by atoms with van der Waals surface area (Å²) in [6, 6.07) is 9.48. The van der Waals surface area contributed by atoms with E-state index in [1.165, 1.54) is 12.0 Å². The van der Waals surface area contributed by atoms with Crippen LogP contribution in [0.4, 0.5) is 0 Å². The summed E-state index contributed by atoms with van der Waals surface area (Å²) in [5.41, 5.74) is 2.85. The van der Waals surface area contributed by atoms with Gasteiger partial charge in [0.1, 0.15) is 0 Å². The van der Waals surface area contributed by atoms with Crippen molar-refractivity contribution in [3.63, 3.8) is 0 Å². The van der Waals surface area contributed by atoms with Gasteiger partial charge in [-0.15, -0.1) is 10.2 Å². The average molecular weight is 354 g/mol. The largest absolute Gasteiger partial charge is 0.423 e. The Morgan fingerprint density at radius 3 is 2.56 bits per heavy atom. The van der Waals surface area contributed by atoms with Crippen LogP contribution < -0.4 is 0 Å². The van der Waals surface area contributed by atoms with Crippen molar-refractivity contribution in [2.24, 2.45) is 0 Å². The fraction of sp³-hybridized carbons (Fsp3) is 0.278. The van der Waals surface area contributed by atoms with Crippen LogP contribution in [0.1, 0.15) is 15.9 Å². The molecule has 0 saturated carbocycles. The lowest BCUT2D eigenvalue weighted by Gasteiger charge is -2.34. The van der Waals surface area contributed by atoms with E-state index in [1.807, 2.05) is 29.2 Å². The molecule has 0 radical (unpaired) electrons. The zero-order valence-electron chi connectivity index (χ0n) is 13.7. The molecule has 7 heteroatoms. The molecular weight excluding hydrogens is 336 g/mol. The number of aromatic nitrogens is 2. The third-order valence-electron chi connectivity index (χ3n) is 4.38. The van der Waals surface area contributed by atoms with Crippen molar-refractivity contribution < 1.29 is 9.21 Å². The lowest BCUT2D eigenvalue weighted by molar-refractivity contribution is 0.0628. The van der Waals surface area contributed by atoms with Crippen LogP contribution in [0, 0.1) is 0 Å². The number of rotatable bonds is 4. The predicted molar refractivity (Wildman–Crippen MR) is 95.2 cm³/mol. The van der Waals surface area contributed by atoms with E-state index in [9.17, 15) is 4.79 Å². The molecule has 6 nitrogen and oxygen atoms in total. The first-order chi connectivity index (χ1) is 12.3. The summed E-state index contributed by atoms with van der Waals surface area (Å²) in [5.74, 6) is 0.535. The van der Waals surface area contributed by atoms with Crippen LogP contribution >= 0.6 is 11.3 Å². The maximum atomic E-state index is 12.7. The van der Waals surface area contributed by atoms with Gasteiger partial charge >= 0.3 is 0 Å². The number of nitrogens with zero attached hydrogens (tertiary/aromatic N) is 4.